The minimum atomic E-state index is 0.616. The molecular weight excluding hydrogens is 236 g/mol. The molecule has 1 heterocycles. The predicted octanol–water partition coefficient (Wildman–Crippen LogP) is 3.30. The average Bonchev–Trinajstić information content (AvgIpc) is 2.45. The first-order valence-electron chi connectivity index (χ1n) is 6.68. The van der Waals surface area contributed by atoms with Crippen LogP contribution in [-0.2, 0) is 6.54 Å². The van der Waals surface area contributed by atoms with Crippen LogP contribution in [0.15, 0.2) is 43.0 Å². The maximum atomic E-state index is 5.77. The molecule has 0 aliphatic rings. The van der Waals surface area contributed by atoms with E-state index in [0.717, 1.165) is 30.6 Å². The summed E-state index contributed by atoms with van der Waals surface area (Å²) in [6.45, 7) is 8.10. The SMILES string of the molecule is C=CCCOc1nc(CNCC)cc2ccccc12. The fourth-order valence-electron chi connectivity index (χ4n) is 1.91. The molecule has 1 N–H and O–H groups in total. The van der Waals surface area contributed by atoms with Gasteiger partial charge in [0, 0.05) is 11.9 Å². The number of aromatic nitrogens is 1. The van der Waals surface area contributed by atoms with Crippen molar-refractivity contribution < 1.29 is 4.74 Å². The van der Waals surface area contributed by atoms with Crippen LogP contribution in [-0.4, -0.2) is 18.1 Å². The molecule has 0 fully saturated rings. The first-order chi connectivity index (χ1) is 9.35. The highest BCUT2D eigenvalue weighted by atomic mass is 16.5. The Balaban J connectivity index is 2.31. The number of ether oxygens (including phenoxy) is 1. The minimum absolute atomic E-state index is 0.616. The number of nitrogens with one attached hydrogen (secondary N) is 1. The fraction of sp³-hybridized carbons (Fsp3) is 0.312. The van der Waals surface area contributed by atoms with Crippen LogP contribution in [0.4, 0.5) is 0 Å². The Kier molecular flexibility index (Phi) is 4.93. The van der Waals surface area contributed by atoms with E-state index in [0.29, 0.717) is 12.5 Å². The molecule has 1 aromatic heterocycles. The summed E-state index contributed by atoms with van der Waals surface area (Å²) in [5, 5.41) is 5.52. The van der Waals surface area contributed by atoms with Crippen LogP contribution >= 0.6 is 0 Å². The van der Waals surface area contributed by atoms with Crippen molar-refractivity contribution in [2.75, 3.05) is 13.2 Å². The Hall–Kier alpha value is -1.87. The van der Waals surface area contributed by atoms with Gasteiger partial charge in [0.25, 0.3) is 0 Å². The van der Waals surface area contributed by atoms with Gasteiger partial charge in [0.15, 0.2) is 0 Å². The van der Waals surface area contributed by atoms with E-state index in [9.17, 15) is 0 Å². The number of pyridine rings is 1. The molecule has 0 aliphatic carbocycles. The lowest BCUT2D eigenvalue weighted by Crippen LogP contribution is -2.13. The number of nitrogens with zero attached hydrogens (tertiary/aromatic N) is 1. The van der Waals surface area contributed by atoms with Gasteiger partial charge in [0.2, 0.25) is 5.88 Å². The molecule has 2 rings (SSSR count). The minimum Gasteiger partial charge on any atom is -0.477 e. The van der Waals surface area contributed by atoms with E-state index in [1.165, 1.54) is 5.39 Å². The van der Waals surface area contributed by atoms with Crippen LogP contribution in [0, 0.1) is 0 Å². The van der Waals surface area contributed by atoms with Crippen molar-refractivity contribution in [1.29, 1.82) is 0 Å². The molecule has 0 spiro atoms. The van der Waals surface area contributed by atoms with Crippen LogP contribution in [0.3, 0.4) is 0 Å². The second-order valence-corrected chi connectivity index (χ2v) is 4.35. The van der Waals surface area contributed by atoms with Gasteiger partial charge in [-0.2, -0.15) is 0 Å². The first-order valence-corrected chi connectivity index (χ1v) is 6.68. The van der Waals surface area contributed by atoms with Crippen LogP contribution < -0.4 is 10.1 Å². The summed E-state index contributed by atoms with van der Waals surface area (Å²) >= 11 is 0. The highest BCUT2D eigenvalue weighted by molar-refractivity contribution is 5.87. The highest BCUT2D eigenvalue weighted by Crippen LogP contribution is 2.24. The Morgan fingerprint density at radius 3 is 3.00 bits per heavy atom. The van der Waals surface area contributed by atoms with E-state index in [1.807, 2.05) is 24.3 Å². The summed E-state index contributed by atoms with van der Waals surface area (Å²) in [6, 6.07) is 10.3. The van der Waals surface area contributed by atoms with Crippen molar-refractivity contribution in [2.45, 2.75) is 19.9 Å². The summed E-state index contributed by atoms with van der Waals surface area (Å²) in [5.74, 6) is 0.716. The highest BCUT2D eigenvalue weighted by Gasteiger charge is 2.06. The summed E-state index contributed by atoms with van der Waals surface area (Å²) in [5.41, 5.74) is 1.01. The van der Waals surface area contributed by atoms with Crippen LogP contribution in [0.2, 0.25) is 0 Å². The van der Waals surface area contributed by atoms with Crippen molar-refractivity contribution >= 4 is 10.8 Å². The lowest BCUT2D eigenvalue weighted by molar-refractivity contribution is 0.315. The molecule has 0 bridgehead atoms. The van der Waals surface area contributed by atoms with Gasteiger partial charge in [0.05, 0.1) is 12.3 Å². The van der Waals surface area contributed by atoms with Gasteiger partial charge in [0.1, 0.15) is 0 Å². The maximum absolute atomic E-state index is 5.77. The third kappa shape index (κ3) is 3.55. The van der Waals surface area contributed by atoms with Gasteiger partial charge in [-0.1, -0.05) is 31.2 Å². The first kappa shape index (κ1) is 13.6. The zero-order valence-corrected chi connectivity index (χ0v) is 11.4. The summed E-state index contributed by atoms with van der Waals surface area (Å²) in [6.07, 6.45) is 2.68. The van der Waals surface area contributed by atoms with Crippen molar-refractivity contribution in [3.05, 3.63) is 48.7 Å². The third-order valence-corrected chi connectivity index (χ3v) is 2.88. The van der Waals surface area contributed by atoms with Gasteiger partial charge in [-0.25, -0.2) is 4.98 Å². The fourth-order valence-corrected chi connectivity index (χ4v) is 1.91. The lowest BCUT2D eigenvalue weighted by Gasteiger charge is -2.10. The van der Waals surface area contributed by atoms with Crippen LogP contribution in [0.5, 0.6) is 5.88 Å². The number of benzene rings is 1. The van der Waals surface area contributed by atoms with Crippen LogP contribution in [0.25, 0.3) is 10.8 Å². The molecular formula is C16H20N2O. The number of fused-ring (bicyclic) bond motifs is 1. The molecule has 0 amide bonds. The zero-order valence-electron chi connectivity index (χ0n) is 11.4. The van der Waals surface area contributed by atoms with E-state index in [-0.39, 0.29) is 0 Å². The number of hydrogen-bond donors (Lipinski definition) is 1. The number of hydrogen-bond acceptors (Lipinski definition) is 3. The van der Waals surface area contributed by atoms with Gasteiger partial charge in [-0.3, -0.25) is 0 Å². The second-order valence-electron chi connectivity index (χ2n) is 4.35. The summed E-state index contributed by atoms with van der Waals surface area (Å²) < 4.78 is 5.77. The Bertz CT molecular complexity index is 551. The molecule has 0 atom stereocenters. The van der Waals surface area contributed by atoms with Gasteiger partial charge < -0.3 is 10.1 Å². The Morgan fingerprint density at radius 2 is 2.21 bits per heavy atom. The van der Waals surface area contributed by atoms with Crippen molar-refractivity contribution in [3.8, 4) is 5.88 Å². The van der Waals surface area contributed by atoms with E-state index >= 15 is 0 Å². The largest absolute Gasteiger partial charge is 0.477 e. The zero-order chi connectivity index (χ0) is 13.5. The van der Waals surface area contributed by atoms with Gasteiger partial charge >= 0.3 is 0 Å². The Morgan fingerprint density at radius 1 is 1.37 bits per heavy atom. The molecule has 0 unspecified atom stereocenters. The molecule has 1 aromatic carbocycles. The molecule has 0 saturated heterocycles. The molecule has 0 radical (unpaired) electrons. The van der Waals surface area contributed by atoms with Gasteiger partial charge in [-0.15, -0.1) is 6.58 Å². The molecule has 0 aliphatic heterocycles. The lowest BCUT2D eigenvalue weighted by atomic mass is 10.1. The molecule has 2 aromatic rings. The normalized spacial score (nSPS) is 10.6. The quantitative estimate of drug-likeness (QED) is 0.609. The summed E-state index contributed by atoms with van der Waals surface area (Å²) in [4.78, 5) is 4.59. The van der Waals surface area contributed by atoms with Crippen molar-refractivity contribution in [2.24, 2.45) is 0 Å². The second kappa shape index (κ2) is 6.90. The molecule has 3 nitrogen and oxygen atoms in total. The molecule has 100 valence electrons. The van der Waals surface area contributed by atoms with E-state index in [4.69, 9.17) is 4.74 Å². The smallest absolute Gasteiger partial charge is 0.221 e. The van der Waals surface area contributed by atoms with E-state index < -0.39 is 0 Å². The predicted molar refractivity (Wildman–Crippen MR) is 79.4 cm³/mol. The molecule has 19 heavy (non-hydrogen) atoms. The van der Waals surface area contributed by atoms with Crippen molar-refractivity contribution in [3.63, 3.8) is 0 Å². The molecule has 0 saturated carbocycles. The average molecular weight is 256 g/mol. The summed E-state index contributed by atoms with van der Waals surface area (Å²) in [7, 11) is 0. The maximum Gasteiger partial charge on any atom is 0.221 e. The standard InChI is InChI=1S/C16H20N2O/c1-3-5-10-19-16-15-9-7-6-8-13(15)11-14(18-16)12-17-4-2/h3,6-9,11,17H,1,4-5,10,12H2,2H3. The Labute approximate surface area is 114 Å². The van der Waals surface area contributed by atoms with Gasteiger partial charge in [-0.05, 0) is 30.5 Å². The van der Waals surface area contributed by atoms with E-state index in [1.54, 1.807) is 0 Å². The van der Waals surface area contributed by atoms with Crippen molar-refractivity contribution in [1.82, 2.24) is 10.3 Å². The third-order valence-electron chi connectivity index (χ3n) is 2.88. The topological polar surface area (TPSA) is 34.1 Å². The number of rotatable bonds is 7. The van der Waals surface area contributed by atoms with Crippen LogP contribution in [0.1, 0.15) is 19.0 Å². The monoisotopic (exact) mass is 256 g/mol. The van der Waals surface area contributed by atoms with E-state index in [2.05, 4.69) is 35.9 Å². The molecule has 3 heteroatoms.